The summed E-state index contributed by atoms with van der Waals surface area (Å²) < 4.78 is 0.759. The molecule has 0 saturated carbocycles. The van der Waals surface area contributed by atoms with Gasteiger partial charge in [0.1, 0.15) is 12.1 Å². The van der Waals surface area contributed by atoms with Crippen molar-refractivity contribution < 1.29 is 15.0 Å². The molecule has 2 unspecified atom stereocenters. The molecule has 0 aromatic heterocycles. The first-order valence-electron chi connectivity index (χ1n) is 5.40. The molecule has 5 nitrogen and oxygen atoms in total. The Balaban J connectivity index is 2.42. The third-order valence-corrected chi connectivity index (χ3v) is 3.45. The maximum Gasteiger partial charge on any atom is 0.326 e. The van der Waals surface area contributed by atoms with Gasteiger partial charge < -0.3 is 15.1 Å². The average Bonchev–Trinajstić information content (AvgIpc) is 2.71. The van der Waals surface area contributed by atoms with Crippen LogP contribution in [0.1, 0.15) is 12.0 Å². The van der Waals surface area contributed by atoms with Gasteiger partial charge >= 0.3 is 5.97 Å². The molecule has 0 aliphatic carbocycles. The predicted octanol–water partition coefficient (Wildman–Crippen LogP) is 1.34. The van der Waals surface area contributed by atoms with Crippen LogP contribution in [0.4, 0.5) is 5.69 Å². The first-order chi connectivity index (χ1) is 8.52. The summed E-state index contributed by atoms with van der Waals surface area (Å²) in [6.45, 7) is 0.229. The standard InChI is InChI=1S/C12H11BrN2O3/c13-8-1-2-10(7(3-8)5-14)15-6-9(16)4-11(15)12(17)18/h1-3,9,11,16H,4,6H2,(H,17,18). The van der Waals surface area contributed by atoms with Crippen LogP contribution in [0.2, 0.25) is 0 Å². The van der Waals surface area contributed by atoms with Crippen molar-refractivity contribution in [3.8, 4) is 6.07 Å². The van der Waals surface area contributed by atoms with Crippen molar-refractivity contribution in [1.82, 2.24) is 0 Å². The fourth-order valence-corrected chi connectivity index (χ4v) is 2.52. The quantitative estimate of drug-likeness (QED) is 0.861. The van der Waals surface area contributed by atoms with Gasteiger partial charge in [0.15, 0.2) is 0 Å². The van der Waals surface area contributed by atoms with Crippen molar-refractivity contribution in [3.63, 3.8) is 0 Å². The number of β-amino-alcohol motifs (C(OH)–C–C–N with tert-alkyl or cyclic N) is 1. The molecule has 1 fully saturated rings. The number of rotatable bonds is 2. The number of aliphatic hydroxyl groups is 1. The molecule has 0 bridgehead atoms. The summed E-state index contributed by atoms with van der Waals surface area (Å²) in [4.78, 5) is 12.7. The Morgan fingerprint density at radius 3 is 2.89 bits per heavy atom. The minimum Gasteiger partial charge on any atom is -0.480 e. The molecule has 0 spiro atoms. The van der Waals surface area contributed by atoms with Gasteiger partial charge in [0.25, 0.3) is 0 Å². The summed E-state index contributed by atoms with van der Waals surface area (Å²) in [5.41, 5.74) is 0.939. The molecular weight excluding hydrogens is 300 g/mol. The summed E-state index contributed by atoms with van der Waals surface area (Å²) >= 11 is 3.27. The van der Waals surface area contributed by atoms with Crippen LogP contribution >= 0.6 is 15.9 Å². The molecule has 1 aliphatic rings. The number of nitriles is 1. The van der Waals surface area contributed by atoms with Gasteiger partial charge in [0, 0.05) is 17.4 Å². The zero-order valence-electron chi connectivity index (χ0n) is 9.38. The van der Waals surface area contributed by atoms with Crippen LogP contribution in [0.5, 0.6) is 0 Å². The van der Waals surface area contributed by atoms with E-state index in [1.807, 2.05) is 6.07 Å². The highest BCUT2D eigenvalue weighted by molar-refractivity contribution is 9.10. The lowest BCUT2D eigenvalue weighted by atomic mass is 10.1. The monoisotopic (exact) mass is 310 g/mol. The highest BCUT2D eigenvalue weighted by Crippen LogP contribution is 2.30. The van der Waals surface area contributed by atoms with Gasteiger partial charge in [0.05, 0.1) is 17.4 Å². The van der Waals surface area contributed by atoms with Gasteiger partial charge in [-0.05, 0) is 18.2 Å². The van der Waals surface area contributed by atoms with E-state index in [1.54, 1.807) is 23.1 Å². The zero-order valence-corrected chi connectivity index (χ0v) is 11.0. The van der Waals surface area contributed by atoms with E-state index in [4.69, 9.17) is 10.4 Å². The van der Waals surface area contributed by atoms with E-state index >= 15 is 0 Å². The predicted molar refractivity (Wildman–Crippen MR) is 68.3 cm³/mol. The molecule has 1 heterocycles. The maximum atomic E-state index is 11.2. The first kappa shape index (κ1) is 12.9. The number of carboxylic acid groups (broad SMARTS) is 1. The number of hydrogen-bond donors (Lipinski definition) is 2. The van der Waals surface area contributed by atoms with Crippen LogP contribution in [0.15, 0.2) is 22.7 Å². The van der Waals surface area contributed by atoms with Crippen LogP contribution in [0, 0.1) is 11.3 Å². The number of carboxylic acids is 1. The number of halogens is 1. The topological polar surface area (TPSA) is 84.6 Å². The molecule has 0 radical (unpaired) electrons. The minimum absolute atomic E-state index is 0.177. The number of hydrogen-bond acceptors (Lipinski definition) is 4. The van der Waals surface area contributed by atoms with E-state index in [0.29, 0.717) is 11.3 Å². The molecule has 2 rings (SSSR count). The fourth-order valence-electron chi connectivity index (χ4n) is 2.16. The summed E-state index contributed by atoms with van der Waals surface area (Å²) in [6, 6.07) is 6.34. The number of carbonyl (C=O) groups is 1. The van der Waals surface area contributed by atoms with Crippen LogP contribution < -0.4 is 4.90 Å². The van der Waals surface area contributed by atoms with Crippen molar-refractivity contribution >= 4 is 27.6 Å². The van der Waals surface area contributed by atoms with Crippen molar-refractivity contribution in [2.75, 3.05) is 11.4 Å². The highest BCUT2D eigenvalue weighted by Gasteiger charge is 2.37. The van der Waals surface area contributed by atoms with Crippen LogP contribution in [0.3, 0.4) is 0 Å². The Hall–Kier alpha value is -1.58. The Morgan fingerprint density at radius 1 is 1.56 bits per heavy atom. The van der Waals surface area contributed by atoms with Crippen molar-refractivity contribution in [2.45, 2.75) is 18.6 Å². The van der Waals surface area contributed by atoms with Crippen molar-refractivity contribution in [1.29, 1.82) is 5.26 Å². The first-order valence-corrected chi connectivity index (χ1v) is 6.19. The summed E-state index contributed by atoms with van der Waals surface area (Å²) in [5.74, 6) is -0.988. The molecule has 18 heavy (non-hydrogen) atoms. The lowest BCUT2D eigenvalue weighted by Gasteiger charge is -2.24. The number of benzene rings is 1. The highest BCUT2D eigenvalue weighted by atomic mass is 79.9. The molecule has 94 valence electrons. The summed E-state index contributed by atoms with van der Waals surface area (Å²) in [7, 11) is 0. The van der Waals surface area contributed by atoms with E-state index in [2.05, 4.69) is 15.9 Å². The second-order valence-corrected chi connectivity index (χ2v) is 5.08. The molecule has 1 aromatic rings. The number of anilines is 1. The molecule has 6 heteroatoms. The smallest absolute Gasteiger partial charge is 0.326 e. The second kappa shape index (κ2) is 4.96. The average molecular weight is 311 g/mol. The Labute approximate surface area is 112 Å². The molecule has 2 N–H and O–H groups in total. The van der Waals surface area contributed by atoms with Gasteiger partial charge in [0.2, 0.25) is 0 Å². The molecule has 1 aromatic carbocycles. The van der Waals surface area contributed by atoms with Gasteiger partial charge in [-0.3, -0.25) is 0 Å². The fraction of sp³-hybridized carbons (Fsp3) is 0.333. The molecule has 0 amide bonds. The van der Waals surface area contributed by atoms with Gasteiger partial charge in [-0.15, -0.1) is 0 Å². The minimum atomic E-state index is -0.988. The molecule has 2 atom stereocenters. The SMILES string of the molecule is N#Cc1cc(Br)ccc1N1CC(O)CC1C(=O)O. The second-order valence-electron chi connectivity index (χ2n) is 4.17. The zero-order chi connectivity index (χ0) is 13.3. The third kappa shape index (κ3) is 2.33. The lowest BCUT2D eigenvalue weighted by Crippen LogP contribution is -2.36. The van der Waals surface area contributed by atoms with E-state index in [0.717, 1.165) is 4.47 Å². The van der Waals surface area contributed by atoms with Crippen LogP contribution in [0.25, 0.3) is 0 Å². The largest absolute Gasteiger partial charge is 0.480 e. The van der Waals surface area contributed by atoms with Crippen molar-refractivity contribution in [2.24, 2.45) is 0 Å². The number of nitrogens with zero attached hydrogens (tertiary/aromatic N) is 2. The van der Waals surface area contributed by atoms with Gasteiger partial charge in [-0.25, -0.2) is 4.79 Å². The Kier molecular flexibility index (Phi) is 3.55. The normalized spacial score (nSPS) is 22.8. The summed E-state index contributed by atoms with van der Waals surface area (Å²) in [5, 5.41) is 27.8. The molecule has 1 aliphatic heterocycles. The van der Waals surface area contributed by atoms with E-state index in [-0.39, 0.29) is 13.0 Å². The van der Waals surface area contributed by atoms with E-state index < -0.39 is 18.1 Å². The lowest BCUT2D eigenvalue weighted by molar-refractivity contribution is -0.138. The van der Waals surface area contributed by atoms with Crippen LogP contribution in [-0.2, 0) is 4.79 Å². The Morgan fingerprint density at radius 2 is 2.28 bits per heavy atom. The third-order valence-electron chi connectivity index (χ3n) is 2.95. The van der Waals surface area contributed by atoms with Crippen molar-refractivity contribution in [3.05, 3.63) is 28.2 Å². The summed E-state index contributed by atoms with van der Waals surface area (Å²) in [6.07, 6.45) is -0.503. The Bertz CT molecular complexity index is 527. The van der Waals surface area contributed by atoms with Crippen LogP contribution in [-0.4, -0.2) is 34.9 Å². The van der Waals surface area contributed by atoms with E-state index in [9.17, 15) is 9.90 Å². The maximum absolute atomic E-state index is 11.2. The number of aliphatic hydroxyl groups excluding tert-OH is 1. The van der Waals surface area contributed by atoms with Gasteiger partial charge in [-0.2, -0.15) is 5.26 Å². The molecular formula is C12H11BrN2O3. The van der Waals surface area contributed by atoms with E-state index in [1.165, 1.54) is 0 Å². The van der Waals surface area contributed by atoms with Gasteiger partial charge in [-0.1, -0.05) is 15.9 Å². The molecule has 1 saturated heterocycles. The number of aliphatic carboxylic acids is 1.